The molecule has 0 heterocycles. The number of amides is 1. The molecule has 0 saturated carbocycles. The van der Waals surface area contributed by atoms with Crippen molar-refractivity contribution >= 4 is 5.91 Å². The molecule has 0 unspecified atom stereocenters. The molecule has 0 saturated heterocycles. The van der Waals surface area contributed by atoms with Gasteiger partial charge >= 0.3 is 0 Å². The molecule has 5 nitrogen and oxygen atoms in total. The molecule has 1 amide bonds. The Balaban J connectivity index is 0.00000103. The molecule has 174 valence electrons. The van der Waals surface area contributed by atoms with Gasteiger partial charge in [0.05, 0.1) is 0 Å². The minimum atomic E-state index is 0.180. The van der Waals surface area contributed by atoms with Crippen LogP contribution in [0.1, 0.15) is 75.2 Å². The van der Waals surface area contributed by atoms with Crippen LogP contribution in [0.15, 0.2) is 24.3 Å². The maximum Gasteiger partial charge on any atom is 0.254 e. The van der Waals surface area contributed by atoms with E-state index in [9.17, 15) is 4.79 Å². The monoisotopic (exact) mass is 422 g/mol. The molecular weight excluding hydrogens is 376 g/mol. The van der Waals surface area contributed by atoms with Crippen molar-refractivity contribution in [3.63, 3.8) is 0 Å². The highest BCUT2D eigenvalue weighted by Crippen LogP contribution is 2.21. The summed E-state index contributed by atoms with van der Waals surface area (Å²) in [4.78, 5) is 15.4. The van der Waals surface area contributed by atoms with Crippen LogP contribution in [-0.2, 0) is 9.47 Å². The molecule has 0 aliphatic rings. The summed E-state index contributed by atoms with van der Waals surface area (Å²) in [5.74, 6) is 0.180. The van der Waals surface area contributed by atoms with Gasteiger partial charge in [-0.15, -0.1) is 0 Å². The highest BCUT2D eigenvalue weighted by Gasteiger charge is 2.29. The first-order chi connectivity index (χ1) is 14.5. The summed E-state index contributed by atoms with van der Waals surface area (Å²) < 4.78 is 9.53. The van der Waals surface area contributed by atoms with Gasteiger partial charge in [-0.25, -0.2) is 0 Å². The third kappa shape index (κ3) is 11.1. The van der Waals surface area contributed by atoms with Crippen LogP contribution in [0.4, 0.5) is 0 Å². The first-order valence-corrected chi connectivity index (χ1v) is 11.5. The maximum atomic E-state index is 13.2. The van der Waals surface area contributed by atoms with E-state index in [-0.39, 0.29) is 11.9 Å². The normalized spacial score (nSPS) is 11.7. The summed E-state index contributed by atoms with van der Waals surface area (Å²) in [6.07, 6.45) is 6.34. The fourth-order valence-electron chi connectivity index (χ4n) is 3.59. The van der Waals surface area contributed by atoms with Gasteiger partial charge in [0, 0.05) is 51.6 Å². The number of ether oxygens (including phenoxy) is 2. The number of carbonyl (C=O) groups excluding carboxylic acids is 1. The van der Waals surface area contributed by atoms with Gasteiger partial charge in [-0.05, 0) is 51.8 Å². The number of aryl methyl sites for hydroxylation is 1. The molecule has 1 aromatic carbocycles. The SMILES string of the molecule is CCCC(CCC)N(C(=O)c1ccc(C)cc1)[C@H](CC)CNC.COCCCOC. The number of rotatable bonds is 14. The van der Waals surface area contributed by atoms with Gasteiger partial charge in [-0.1, -0.05) is 51.3 Å². The molecule has 1 aromatic rings. The van der Waals surface area contributed by atoms with E-state index in [0.29, 0.717) is 6.04 Å². The molecule has 0 aliphatic carbocycles. The molecule has 5 heteroatoms. The van der Waals surface area contributed by atoms with Crippen LogP contribution >= 0.6 is 0 Å². The Hall–Kier alpha value is -1.43. The van der Waals surface area contributed by atoms with Crippen molar-refractivity contribution in [3.8, 4) is 0 Å². The molecule has 30 heavy (non-hydrogen) atoms. The fraction of sp³-hybridized carbons (Fsp3) is 0.720. The number of hydrogen-bond donors (Lipinski definition) is 1. The van der Waals surface area contributed by atoms with E-state index in [0.717, 1.165) is 63.8 Å². The van der Waals surface area contributed by atoms with E-state index >= 15 is 0 Å². The minimum Gasteiger partial charge on any atom is -0.385 e. The molecule has 1 rings (SSSR count). The summed E-state index contributed by atoms with van der Waals surface area (Å²) in [5, 5.41) is 3.26. The second-order valence-electron chi connectivity index (χ2n) is 7.77. The lowest BCUT2D eigenvalue weighted by molar-refractivity contribution is 0.0534. The van der Waals surface area contributed by atoms with Crippen molar-refractivity contribution in [3.05, 3.63) is 35.4 Å². The van der Waals surface area contributed by atoms with Crippen LogP contribution < -0.4 is 5.32 Å². The van der Waals surface area contributed by atoms with Crippen LogP contribution in [0.5, 0.6) is 0 Å². The molecule has 1 atom stereocenters. The van der Waals surface area contributed by atoms with Crippen molar-refractivity contribution < 1.29 is 14.3 Å². The zero-order valence-corrected chi connectivity index (χ0v) is 20.5. The second-order valence-corrected chi connectivity index (χ2v) is 7.77. The average molecular weight is 423 g/mol. The van der Waals surface area contributed by atoms with Gasteiger partial charge in [0.15, 0.2) is 0 Å². The lowest BCUT2D eigenvalue weighted by atomic mass is 9.99. The quantitative estimate of drug-likeness (QED) is 0.425. The Kier molecular flexibility index (Phi) is 17.5. The molecule has 0 aromatic heterocycles. The van der Waals surface area contributed by atoms with E-state index in [1.165, 1.54) is 5.56 Å². The zero-order chi connectivity index (χ0) is 22.8. The van der Waals surface area contributed by atoms with Crippen molar-refractivity contribution in [2.45, 2.75) is 78.3 Å². The summed E-state index contributed by atoms with van der Waals surface area (Å²) >= 11 is 0. The van der Waals surface area contributed by atoms with E-state index in [2.05, 4.69) is 37.9 Å². The van der Waals surface area contributed by atoms with Gasteiger partial charge in [0.1, 0.15) is 0 Å². The Bertz CT molecular complexity index is 524. The van der Waals surface area contributed by atoms with E-state index in [4.69, 9.17) is 9.47 Å². The van der Waals surface area contributed by atoms with Crippen LogP contribution in [0.25, 0.3) is 0 Å². The van der Waals surface area contributed by atoms with Crippen molar-refractivity contribution in [1.29, 1.82) is 0 Å². The summed E-state index contributed by atoms with van der Waals surface area (Å²) in [7, 11) is 5.34. The first-order valence-electron chi connectivity index (χ1n) is 11.5. The van der Waals surface area contributed by atoms with Crippen molar-refractivity contribution in [2.75, 3.05) is 41.0 Å². The van der Waals surface area contributed by atoms with Gasteiger partial charge < -0.3 is 19.7 Å². The lowest BCUT2D eigenvalue weighted by Crippen LogP contribution is -2.50. The first kappa shape index (κ1) is 28.6. The highest BCUT2D eigenvalue weighted by molar-refractivity contribution is 5.94. The molecule has 0 bridgehead atoms. The number of methoxy groups -OCH3 is 2. The van der Waals surface area contributed by atoms with Crippen molar-refractivity contribution in [2.24, 2.45) is 0 Å². The standard InChI is InChI=1S/C20H34N2O.C5H12O2/c1-6-9-19(10-7-2)22(18(8-3)15-21-5)20(23)17-13-11-16(4)12-14-17;1-6-4-3-5-7-2/h11-14,18-19,21H,6-10,15H2,1-5H3;3-5H2,1-2H3/t18-;/m1./s1. The van der Waals surface area contributed by atoms with E-state index in [1.54, 1.807) is 14.2 Å². The number of benzene rings is 1. The maximum absolute atomic E-state index is 13.2. The molecule has 0 spiro atoms. The summed E-state index contributed by atoms with van der Waals surface area (Å²) in [6, 6.07) is 8.56. The highest BCUT2D eigenvalue weighted by atomic mass is 16.5. The Labute approximate surface area is 185 Å². The molecule has 1 N–H and O–H groups in total. The van der Waals surface area contributed by atoms with Gasteiger partial charge in [-0.2, -0.15) is 0 Å². The number of carbonyl (C=O) groups is 1. The third-order valence-electron chi connectivity index (χ3n) is 5.17. The molecule has 0 radical (unpaired) electrons. The predicted octanol–water partition coefficient (Wildman–Crippen LogP) is 5.07. The van der Waals surface area contributed by atoms with E-state index < -0.39 is 0 Å². The largest absolute Gasteiger partial charge is 0.385 e. The zero-order valence-electron chi connectivity index (χ0n) is 20.5. The lowest BCUT2D eigenvalue weighted by Gasteiger charge is -2.38. The number of likely N-dealkylation sites (N-methyl/N-ethyl adjacent to an activating group) is 1. The van der Waals surface area contributed by atoms with Crippen LogP contribution in [-0.4, -0.2) is 63.9 Å². The second kappa shape index (κ2) is 18.3. The topological polar surface area (TPSA) is 50.8 Å². The fourth-order valence-corrected chi connectivity index (χ4v) is 3.59. The predicted molar refractivity (Wildman–Crippen MR) is 127 cm³/mol. The van der Waals surface area contributed by atoms with Crippen LogP contribution in [0.2, 0.25) is 0 Å². The number of nitrogens with zero attached hydrogens (tertiary/aromatic N) is 1. The summed E-state index contributed by atoms with van der Waals surface area (Å²) in [5.41, 5.74) is 2.00. The Morgan fingerprint density at radius 1 is 0.967 bits per heavy atom. The molecular formula is C25H46N2O3. The smallest absolute Gasteiger partial charge is 0.254 e. The van der Waals surface area contributed by atoms with Crippen LogP contribution in [0.3, 0.4) is 0 Å². The molecule has 0 aliphatic heterocycles. The minimum absolute atomic E-state index is 0.180. The molecule has 0 fully saturated rings. The summed E-state index contributed by atoms with van der Waals surface area (Å²) in [6.45, 7) is 11.1. The number of hydrogen-bond acceptors (Lipinski definition) is 4. The van der Waals surface area contributed by atoms with Gasteiger partial charge in [-0.3, -0.25) is 4.79 Å². The Morgan fingerprint density at radius 3 is 1.90 bits per heavy atom. The van der Waals surface area contributed by atoms with E-state index in [1.807, 2.05) is 31.3 Å². The Morgan fingerprint density at radius 2 is 1.50 bits per heavy atom. The average Bonchev–Trinajstić information content (AvgIpc) is 2.75. The number of nitrogens with one attached hydrogen (secondary N) is 1. The van der Waals surface area contributed by atoms with Gasteiger partial charge in [0.25, 0.3) is 5.91 Å². The van der Waals surface area contributed by atoms with Gasteiger partial charge in [0.2, 0.25) is 0 Å². The van der Waals surface area contributed by atoms with Crippen molar-refractivity contribution in [1.82, 2.24) is 10.2 Å². The third-order valence-corrected chi connectivity index (χ3v) is 5.17. The van der Waals surface area contributed by atoms with Crippen LogP contribution in [0, 0.1) is 6.92 Å².